The Morgan fingerprint density at radius 1 is 1.26 bits per heavy atom. The molecule has 1 aliphatic rings. The van der Waals surface area contributed by atoms with Crippen molar-refractivity contribution in [3.8, 4) is 11.5 Å². The molecule has 1 aliphatic heterocycles. The Kier molecular flexibility index (Phi) is 9.52. The molecular formula is C28H38N2O4. The summed E-state index contributed by atoms with van der Waals surface area (Å²) in [5, 5.41) is 22.5. The summed E-state index contributed by atoms with van der Waals surface area (Å²) in [5.74, 6) is 1.06. The molecule has 0 radical (unpaired) electrons. The topological polar surface area (TPSA) is 84.0 Å². The predicted octanol–water partition coefficient (Wildman–Crippen LogP) is 4.39. The van der Waals surface area contributed by atoms with E-state index >= 15 is 0 Å². The molecule has 0 bridgehead atoms. The second kappa shape index (κ2) is 12.6. The van der Waals surface area contributed by atoms with E-state index in [0.29, 0.717) is 30.9 Å². The normalized spacial score (nSPS) is 13.9. The van der Waals surface area contributed by atoms with Gasteiger partial charge in [-0.1, -0.05) is 52.2 Å². The first-order valence-corrected chi connectivity index (χ1v) is 12.5. The Balaban J connectivity index is 1.60. The highest BCUT2D eigenvalue weighted by Crippen LogP contribution is 2.28. The molecule has 2 aromatic rings. The maximum absolute atomic E-state index is 12.3. The van der Waals surface area contributed by atoms with Crippen molar-refractivity contribution in [2.75, 3.05) is 0 Å². The number of aryl methyl sites for hydroxylation is 1. The predicted molar refractivity (Wildman–Crippen MR) is 137 cm³/mol. The first-order chi connectivity index (χ1) is 16.4. The van der Waals surface area contributed by atoms with Crippen LogP contribution in [0.15, 0.2) is 29.4 Å². The molecular weight excluding hydrogens is 428 g/mol. The molecule has 2 N–H and O–H groups in total. The third-order valence-electron chi connectivity index (χ3n) is 6.06. The van der Waals surface area contributed by atoms with E-state index in [1.165, 1.54) is 0 Å². The Morgan fingerprint density at radius 2 is 2.09 bits per heavy atom. The second-order valence-electron chi connectivity index (χ2n) is 9.53. The number of rotatable bonds is 14. The summed E-state index contributed by atoms with van der Waals surface area (Å²) in [6.07, 6.45) is 13.3. The maximum Gasteiger partial charge on any atom is 0.165 e. The van der Waals surface area contributed by atoms with E-state index in [4.69, 9.17) is 4.74 Å². The summed E-state index contributed by atoms with van der Waals surface area (Å²) in [7, 11) is 0. The fourth-order valence-electron chi connectivity index (χ4n) is 4.07. The van der Waals surface area contributed by atoms with Gasteiger partial charge in [-0.05, 0) is 49.0 Å². The van der Waals surface area contributed by atoms with Gasteiger partial charge in [-0.15, -0.1) is 0 Å². The fourth-order valence-corrected chi connectivity index (χ4v) is 4.07. The molecule has 1 aromatic carbocycles. The number of carbonyl (C=O) groups excluding carboxylic acids is 1. The summed E-state index contributed by atoms with van der Waals surface area (Å²) >= 11 is 0. The molecule has 0 saturated carbocycles. The van der Waals surface area contributed by atoms with Crippen LogP contribution in [-0.4, -0.2) is 32.9 Å². The standard InChI is InChI=1S/C28H38N2O4/c1-4-5-6-7-22(31)17-23(32)11-9-21-10-13-27(33)28(16-21)34-19-30-18-25-24(14-15-29-25)26(30)12-8-20(2)3/h10,12-16,18,20,22,31,33H,4-9,11,17,19H2,1-3H3/t22-/m1/s1. The van der Waals surface area contributed by atoms with Gasteiger partial charge in [0.15, 0.2) is 18.2 Å². The minimum absolute atomic E-state index is 0.0588. The number of benzene rings is 1. The number of aliphatic hydroxyl groups is 1. The molecule has 0 unspecified atom stereocenters. The molecule has 34 heavy (non-hydrogen) atoms. The molecule has 6 heteroatoms. The third kappa shape index (κ3) is 7.32. The average molecular weight is 467 g/mol. The number of hydrogen-bond donors (Lipinski definition) is 2. The van der Waals surface area contributed by atoms with Gasteiger partial charge in [0.05, 0.1) is 11.8 Å². The number of phenols is 1. The Morgan fingerprint density at radius 3 is 2.85 bits per heavy atom. The van der Waals surface area contributed by atoms with Crippen LogP contribution in [0.4, 0.5) is 5.69 Å². The second-order valence-corrected chi connectivity index (χ2v) is 9.53. The van der Waals surface area contributed by atoms with Crippen LogP contribution < -0.4 is 15.3 Å². The van der Waals surface area contributed by atoms with Crippen LogP contribution in [-0.2, 0) is 17.9 Å². The SMILES string of the molecule is CCCCC[C@@H](O)CC(=O)CCc1ccc(O)c(OCn2cc3c(c2=CCC(C)C)=CC=N3)c1. The molecule has 2 heterocycles. The minimum atomic E-state index is -0.552. The number of ether oxygens (including phenoxy) is 1. The van der Waals surface area contributed by atoms with Gasteiger partial charge < -0.3 is 19.5 Å². The molecule has 0 amide bonds. The van der Waals surface area contributed by atoms with Crippen LogP contribution in [0.2, 0.25) is 0 Å². The maximum atomic E-state index is 12.3. The van der Waals surface area contributed by atoms with E-state index in [2.05, 4.69) is 31.8 Å². The summed E-state index contributed by atoms with van der Waals surface area (Å²) in [6, 6.07) is 5.20. The molecule has 0 aliphatic carbocycles. The lowest BCUT2D eigenvalue weighted by Gasteiger charge is -2.12. The van der Waals surface area contributed by atoms with Gasteiger partial charge in [0.1, 0.15) is 5.78 Å². The van der Waals surface area contributed by atoms with Gasteiger partial charge in [0.25, 0.3) is 0 Å². The number of aliphatic hydroxyl groups excluding tert-OH is 1. The van der Waals surface area contributed by atoms with Gasteiger partial charge in [0.2, 0.25) is 0 Å². The highest BCUT2D eigenvalue weighted by Gasteiger charge is 2.13. The first kappa shape index (κ1) is 25.8. The number of carbonyl (C=O) groups is 1. The smallest absolute Gasteiger partial charge is 0.165 e. The summed E-state index contributed by atoms with van der Waals surface area (Å²) in [6.45, 7) is 6.74. The van der Waals surface area contributed by atoms with Crippen LogP contribution in [0, 0.1) is 5.92 Å². The van der Waals surface area contributed by atoms with Crippen LogP contribution in [0.25, 0.3) is 12.2 Å². The van der Waals surface area contributed by atoms with Crippen molar-refractivity contribution in [2.45, 2.75) is 85.0 Å². The number of phenolic OH excluding ortho intramolecular Hbond substituents is 1. The Labute approximate surface area is 202 Å². The molecule has 1 atom stereocenters. The zero-order chi connectivity index (χ0) is 24.5. The molecule has 1 aromatic heterocycles. The van der Waals surface area contributed by atoms with E-state index < -0.39 is 6.10 Å². The number of ketones is 1. The lowest BCUT2D eigenvalue weighted by atomic mass is 10.0. The summed E-state index contributed by atoms with van der Waals surface area (Å²) in [5.41, 5.74) is 1.84. The average Bonchev–Trinajstić information content (AvgIpc) is 3.37. The van der Waals surface area contributed by atoms with E-state index in [9.17, 15) is 15.0 Å². The first-order valence-electron chi connectivity index (χ1n) is 12.5. The highest BCUT2D eigenvalue weighted by atomic mass is 16.5. The van der Waals surface area contributed by atoms with Crippen LogP contribution in [0.3, 0.4) is 0 Å². The van der Waals surface area contributed by atoms with Gasteiger partial charge >= 0.3 is 0 Å². The van der Waals surface area contributed by atoms with Crippen molar-refractivity contribution >= 4 is 29.8 Å². The van der Waals surface area contributed by atoms with Crippen molar-refractivity contribution in [3.05, 3.63) is 40.5 Å². The number of aromatic nitrogens is 1. The lowest BCUT2D eigenvalue weighted by molar-refractivity contribution is -0.121. The van der Waals surface area contributed by atoms with E-state index in [0.717, 1.165) is 47.5 Å². The van der Waals surface area contributed by atoms with Crippen molar-refractivity contribution in [3.63, 3.8) is 0 Å². The van der Waals surface area contributed by atoms with E-state index in [-0.39, 0.29) is 24.7 Å². The molecule has 0 saturated heterocycles. The van der Waals surface area contributed by atoms with Crippen molar-refractivity contribution in [1.82, 2.24) is 4.57 Å². The number of aromatic hydroxyl groups is 1. The Bertz CT molecular complexity index is 1110. The fraction of sp³-hybridized carbons (Fsp3) is 0.500. The number of nitrogens with zero attached hydrogens (tertiary/aromatic N) is 2. The molecule has 3 rings (SSSR count). The highest BCUT2D eigenvalue weighted by molar-refractivity contribution is 5.96. The quantitative estimate of drug-likeness (QED) is 0.405. The van der Waals surface area contributed by atoms with Crippen LogP contribution in [0.1, 0.15) is 71.3 Å². The van der Waals surface area contributed by atoms with Gasteiger partial charge in [-0.25, -0.2) is 0 Å². The summed E-state index contributed by atoms with van der Waals surface area (Å²) < 4.78 is 7.99. The lowest BCUT2D eigenvalue weighted by Crippen LogP contribution is -2.30. The van der Waals surface area contributed by atoms with E-state index in [1.807, 2.05) is 29.1 Å². The third-order valence-corrected chi connectivity index (χ3v) is 6.06. The molecule has 0 fully saturated rings. The Hall–Kier alpha value is -2.86. The van der Waals surface area contributed by atoms with E-state index in [1.54, 1.807) is 12.1 Å². The van der Waals surface area contributed by atoms with Gasteiger partial charge in [-0.3, -0.25) is 9.79 Å². The number of unbranched alkanes of at least 4 members (excludes halogenated alkanes) is 2. The monoisotopic (exact) mass is 466 g/mol. The van der Waals surface area contributed by atoms with Crippen molar-refractivity contribution < 1.29 is 19.7 Å². The molecule has 0 spiro atoms. The van der Waals surface area contributed by atoms with Crippen molar-refractivity contribution in [1.29, 1.82) is 0 Å². The number of Topliss-reactive ketones (excluding diaryl/α,β-unsaturated/α-hetero) is 1. The van der Waals surface area contributed by atoms with Gasteiger partial charge in [-0.2, -0.15) is 0 Å². The number of aliphatic imine (C=N–C) groups is 1. The number of hydrogen-bond acceptors (Lipinski definition) is 5. The molecule has 184 valence electrons. The largest absolute Gasteiger partial charge is 0.504 e. The van der Waals surface area contributed by atoms with Crippen LogP contribution >= 0.6 is 0 Å². The zero-order valence-corrected chi connectivity index (χ0v) is 20.7. The van der Waals surface area contributed by atoms with Crippen molar-refractivity contribution in [2.24, 2.45) is 10.9 Å². The minimum Gasteiger partial charge on any atom is -0.504 e. The van der Waals surface area contributed by atoms with Gasteiger partial charge in [0, 0.05) is 35.8 Å². The van der Waals surface area contributed by atoms with Crippen LogP contribution in [0.5, 0.6) is 11.5 Å². The molecule has 6 nitrogen and oxygen atoms in total. The number of fused-ring (bicyclic) bond motifs is 1. The zero-order valence-electron chi connectivity index (χ0n) is 20.7. The summed E-state index contributed by atoms with van der Waals surface area (Å²) in [4.78, 5) is 16.7.